The summed E-state index contributed by atoms with van der Waals surface area (Å²) in [5.74, 6) is -1.33. The van der Waals surface area contributed by atoms with Crippen LogP contribution in [-0.4, -0.2) is 55.6 Å². The van der Waals surface area contributed by atoms with Crippen LogP contribution in [0, 0.1) is 5.82 Å². The van der Waals surface area contributed by atoms with Crippen molar-refractivity contribution in [2.45, 2.75) is 136 Å². The highest BCUT2D eigenvalue weighted by Crippen LogP contribution is 2.53. The van der Waals surface area contributed by atoms with Gasteiger partial charge in [-0.05, 0) is 101 Å². The SMILES string of the molecule is C.CC(C)(C)c1cc(C(C)(C)C)c(NC(=O)c2c[nH]c3ccccc3c2=O)cc1O.CCC(C)(C)c1cc2cc(CC(=O)C3(c4ccc5c(c4)OC(F)(F)O5)CC3)c(F)cc2n1C[C@@H](O)CO. The molecule has 358 valence electrons. The number of hydrogen-bond acceptors (Lipinski definition) is 8. The summed E-state index contributed by atoms with van der Waals surface area (Å²) in [5, 5.41) is 34.1. The lowest BCUT2D eigenvalue weighted by Crippen LogP contribution is -2.26. The summed E-state index contributed by atoms with van der Waals surface area (Å²) in [6, 6.07) is 19.9. The monoisotopic (exact) mass is 925 g/mol. The van der Waals surface area contributed by atoms with Gasteiger partial charge in [0.15, 0.2) is 11.5 Å². The summed E-state index contributed by atoms with van der Waals surface area (Å²) in [5.41, 5.74) is 3.20. The zero-order valence-corrected chi connectivity index (χ0v) is 38.8. The first-order valence-corrected chi connectivity index (χ1v) is 22.1. The summed E-state index contributed by atoms with van der Waals surface area (Å²) in [6.45, 7) is 18.1. The van der Waals surface area contributed by atoms with Gasteiger partial charge in [-0.3, -0.25) is 14.4 Å². The highest BCUT2D eigenvalue weighted by molar-refractivity contribution is 6.06. The molecule has 67 heavy (non-hydrogen) atoms. The molecule has 11 nitrogen and oxygen atoms in total. The number of Topliss-reactive ketones (excluding diaryl/α,β-unsaturated/α-hetero) is 1. The van der Waals surface area contributed by atoms with Crippen molar-refractivity contribution in [2.24, 2.45) is 0 Å². The number of aromatic amines is 1. The fourth-order valence-electron chi connectivity index (χ4n) is 8.55. The quantitative estimate of drug-likeness (QED) is 0.0857. The molecule has 1 aliphatic carbocycles. The third-order valence-corrected chi connectivity index (χ3v) is 12.9. The number of nitrogens with zero attached hydrogens (tertiary/aromatic N) is 1. The van der Waals surface area contributed by atoms with Gasteiger partial charge < -0.3 is 39.7 Å². The van der Waals surface area contributed by atoms with Crippen molar-refractivity contribution in [3.05, 3.63) is 129 Å². The predicted molar refractivity (Wildman–Crippen MR) is 255 cm³/mol. The lowest BCUT2D eigenvalue weighted by Gasteiger charge is -2.28. The minimum Gasteiger partial charge on any atom is -0.508 e. The average Bonchev–Trinajstić information content (AvgIpc) is 3.89. The number of phenolic OH excluding ortho intramolecular Hbond substituents is 1. The van der Waals surface area contributed by atoms with E-state index in [4.69, 9.17) is 0 Å². The van der Waals surface area contributed by atoms with Crippen LogP contribution in [0.3, 0.4) is 0 Å². The number of para-hydroxylation sites is 1. The van der Waals surface area contributed by atoms with Crippen LogP contribution < -0.4 is 20.2 Å². The number of hydrogen-bond donors (Lipinski definition) is 5. The van der Waals surface area contributed by atoms with E-state index in [0.29, 0.717) is 40.5 Å². The smallest absolute Gasteiger partial charge is 0.508 e. The zero-order valence-electron chi connectivity index (χ0n) is 38.8. The number of halogens is 3. The zero-order chi connectivity index (χ0) is 48.3. The molecule has 1 aliphatic heterocycles. The molecule has 8 rings (SSSR count). The summed E-state index contributed by atoms with van der Waals surface area (Å²) in [7, 11) is 0. The van der Waals surface area contributed by atoms with Gasteiger partial charge in [-0.15, -0.1) is 8.78 Å². The van der Waals surface area contributed by atoms with Crippen LogP contribution in [0.4, 0.5) is 18.9 Å². The summed E-state index contributed by atoms with van der Waals surface area (Å²) < 4.78 is 53.0. The van der Waals surface area contributed by atoms with Gasteiger partial charge in [-0.1, -0.05) is 87.9 Å². The minimum atomic E-state index is -3.74. The molecule has 1 atom stereocenters. The number of ether oxygens (including phenoxy) is 2. The number of amides is 1. The van der Waals surface area contributed by atoms with Crippen molar-refractivity contribution in [3.8, 4) is 17.2 Å². The molecule has 5 N–H and O–H groups in total. The number of nitrogens with one attached hydrogen (secondary N) is 2. The van der Waals surface area contributed by atoms with Crippen LogP contribution in [0.15, 0.2) is 83.8 Å². The van der Waals surface area contributed by atoms with Gasteiger partial charge in [-0.25, -0.2) is 4.39 Å². The Morgan fingerprint density at radius 1 is 0.896 bits per heavy atom. The number of anilines is 1. The van der Waals surface area contributed by atoms with E-state index in [-0.39, 0.29) is 76.2 Å². The molecule has 1 saturated carbocycles. The molecule has 2 aliphatic rings. The molecule has 0 radical (unpaired) electrons. The molecule has 1 fully saturated rings. The highest BCUT2D eigenvalue weighted by Gasteiger charge is 2.52. The molecule has 0 unspecified atom stereocenters. The van der Waals surface area contributed by atoms with E-state index in [9.17, 15) is 38.5 Å². The number of carbonyl (C=O) groups excluding carboxylic acids is 2. The molecule has 4 aromatic carbocycles. The molecular weight excluding hydrogens is 864 g/mol. The van der Waals surface area contributed by atoms with Crippen molar-refractivity contribution in [1.29, 1.82) is 0 Å². The Balaban J connectivity index is 0.000000224. The number of ketones is 1. The molecule has 14 heteroatoms. The lowest BCUT2D eigenvalue weighted by molar-refractivity contribution is -0.286. The van der Waals surface area contributed by atoms with Crippen molar-refractivity contribution < 1.29 is 47.6 Å². The van der Waals surface area contributed by atoms with E-state index in [1.165, 1.54) is 24.4 Å². The summed E-state index contributed by atoms with van der Waals surface area (Å²) >= 11 is 0. The van der Waals surface area contributed by atoms with Gasteiger partial charge in [-0.2, -0.15) is 0 Å². The number of fused-ring (bicyclic) bond motifs is 3. The lowest BCUT2D eigenvalue weighted by atomic mass is 9.79. The maximum Gasteiger partial charge on any atom is 0.586 e. The number of carbonyl (C=O) groups is 2. The topological polar surface area (TPSA) is 163 Å². The van der Waals surface area contributed by atoms with Gasteiger partial charge in [0.25, 0.3) is 5.91 Å². The standard InChI is InChI=1S/C28H30F3NO5.C24H28N2O3.CH4/c1-4-26(2,3)24-10-17-9-16(20(29)13-21(17)32(24)14-19(34)15-33)11-25(35)27(7-8-27)18-5-6-22-23(12-18)37-28(30,31)36-22;1-23(2,3)16-11-17(24(4,5)6)20(27)12-19(16)26-22(29)15-13-25-18-10-8-7-9-14(18)21(15)28;/h5-6,9-10,12-13,19,33-34H,4,7-8,11,14-15H2,1-3H3;7-13,27H,1-6H3,(H,25,28)(H,26,29);1H4/t19-;;/m1../s1. The fourth-order valence-corrected chi connectivity index (χ4v) is 8.55. The van der Waals surface area contributed by atoms with E-state index in [1.807, 2.05) is 71.2 Å². The van der Waals surface area contributed by atoms with Crippen LogP contribution in [0.1, 0.15) is 127 Å². The van der Waals surface area contributed by atoms with Crippen LogP contribution in [0.25, 0.3) is 21.8 Å². The van der Waals surface area contributed by atoms with Crippen molar-refractivity contribution in [1.82, 2.24) is 9.55 Å². The van der Waals surface area contributed by atoms with Gasteiger partial charge >= 0.3 is 6.29 Å². The Morgan fingerprint density at radius 3 is 2.18 bits per heavy atom. The molecule has 0 spiro atoms. The average molecular weight is 926 g/mol. The second kappa shape index (κ2) is 18.2. The maximum absolute atomic E-state index is 15.3. The van der Waals surface area contributed by atoms with Gasteiger partial charge in [0, 0.05) is 51.8 Å². The Labute approximate surface area is 389 Å². The third-order valence-electron chi connectivity index (χ3n) is 12.9. The van der Waals surface area contributed by atoms with Gasteiger partial charge in [0.2, 0.25) is 5.43 Å². The summed E-state index contributed by atoms with van der Waals surface area (Å²) in [4.78, 5) is 42.1. The van der Waals surface area contributed by atoms with Crippen LogP contribution in [0.2, 0.25) is 0 Å². The first-order chi connectivity index (χ1) is 30.8. The van der Waals surface area contributed by atoms with E-state index in [2.05, 4.69) is 33.6 Å². The molecule has 3 heterocycles. The number of H-pyrrole nitrogens is 1. The molecule has 6 aromatic rings. The molecule has 2 aromatic heterocycles. The predicted octanol–water partition coefficient (Wildman–Crippen LogP) is 10.7. The Hall–Kier alpha value is -6.12. The summed E-state index contributed by atoms with van der Waals surface area (Å²) in [6.07, 6.45) is -1.58. The number of alkyl halides is 2. The number of rotatable bonds is 11. The number of aromatic hydroxyl groups is 1. The Kier molecular flexibility index (Phi) is 13.6. The van der Waals surface area contributed by atoms with Crippen LogP contribution >= 0.6 is 0 Å². The normalized spacial score (nSPS) is 15.4. The number of aliphatic hydroxyl groups excluding tert-OH is 2. The van der Waals surface area contributed by atoms with Crippen LogP contribution in [0.5, 0.6) is 17.2 Å². The number of benzene rings is 4. The number of pyridine rings is 1. The third kappa shape index (κ3) is 10.1. The van der Waals surface area contributed by atoms with Crippen LogP contribution in [-0.2, 0) is 39.4 Å². The Bertz CT molecular complexity index is 2920. The molecule has 1 amide bonds. The first kappa shape index (κ1) is 50.3. The van der Waals surface area contributed by atoms with E-state index < -0.39 is 36.1 Å². The first-order valence-electron chi connectivity index (χ1n) is 22.1. The van der Waals surface area contributed by atoms with Crippen molar-refractivity contribution in [2.75, 3.05) is 11.9 Å². The highest BCUT2D eigenvalue weighted by atomic mass is 19.3. The van der Waals surface area contributed by atoms with Crippen molar-refractivity contribution >= 4 is 39.2 Å². The molecular formula is C53H62F3N3O8. The number of aliphatic hydroxyl groups is 2. The second-order valence-electron chi connectivity index (χ2n) is 20.2. The number of aromatic nitrogens is 2. The number of phenols is 1. The fraction of sp³-hybridized carbons (Fsp3) is 0.415. The maximum atomic E-state index is 15.3. The van der Waals surface area contributed by atoms with Gasteiger partial charge in [0.1, 0.15) is 22.9 Å². The largest absolute Gasteiger partial charge is 0.586 e. The van der Waals surface area contributed by atoms with E-state index in [1.54, 1.807) is 36.4 Å². The minimum absolute atomic E-state index is 0. The van der Waals surface area contributed by atoms with Crippen molar-refractivity contribution in [3.63, 3.8) is 0 Å². The molecule has 0 saturated heterocycles. The second-order valence-corrected chi connectivity index (χ2v) is 20.2. The Morgan fingerprint density at radius 2 is 1.55 bits per heavy atom. The van der Waals surface area contributed by atoms with Gasteiger partial charge in [0.05, 0.1) is 30.2 Å². The molecule has 0 bridgehead atoms. The van der Waals surface area contributed by atoms with E-state index >= 15 is 4.39 Å². The van der Waals surface area contributed by atoms with E-state index in [0.717, 1.165) is 28.6 Å².